The SMILES string of the molecule is Cc1cccc(/C=C/C(=O)Nc2ccc(Oc3cccc(C(N)=O)c3)nc2)c1. The monoisotopic (exact) mass is 373 g/mol. The van der Waals surface area contributed by atoms with E-state index in [1.807, 2.05) is 31.2 Å². The molecular weight excluding hydrogens is 354 g/mol. The third-order valence-electron chi connectivity index (χ3n) is 3.81. The number of rotatable bonds is 6. The Hall–Kier alpha value is -3.93. The number of hydrogen-bond acceptors (Lipinski definition) is 4. The van der Waals surface area contributed by atoms with Gasteiger partial charge in [-0.25, -0.2) is 4.98 Å². The number of nitrogens with zero attached hydrogens (tertiary/aromatic N) is 1. The van der Waals surface area contributed by atoms with Crippen molar-refractivity contribution >= 4 is 23.6 Å². The van der Waals surface area contributed by atoms with Crippen molar-refractivity contribution in [2.75, 3.05) is 5.32 Å². The van der Waals surface area contributed by atoms with Crippen molar-refractivity contribution in [2.24, 2.45) is 5.73 Å². The predicted octanol–water partition coefficient (Wildman–Crippen LogP) is 3.93. The maximum absolute atomic E-state index is 12.0. The molecule has 0 fully saturated rings. The van der Waals surface area contributed by atoms with Gasteiger partial charge < -0.3 is 15.8 Å². The summed E-state index contributed by atoms with van der Waals surface area (Å²) in [7, 11) is 0. The largest absolute Gasteiger partial charge is 0.439 e. The number of carbonyl (C=O) groups is 2. The second-order valence-corrected chi connectivity index (χ2v) is 6.12. The molecule has 0 spiro atoms. The van der Waals surface area contributed by atoms with Crippen molar-refractivity contribution in [1.82, 2.24) is 4.98 Å². The molecule has 1 heterocycles. The Kier molecular flexibility index (Phi) is 5.81. The van der Waals surface area contributed by atoms with E-state index in [2.05, 4.69) is 10.3 Å². The molecule has 0 aliphatic heterocycles. The van der Waals surface area contributed by atoms with Crippen molar-refractivity contribution in [1.29, 1.82) is 0 Å². The van der Waals surface area contributed by atoms with Gasteiger partial charge in [0, 0.05) is 17.7 Å². The first-order chi connectivity index (χ1) is 13.5. The van der Waals surface area contributed by atoms with E-state index in [1.54, 1.807) is 36.4 Å². The van der Waals surface area contributed by atoms with E-state index in [4.69, 9.17) is 10.5 Å². The number of pyridine rings is 1. The van der Waals surface area contributed by atoms with Gasteiger partial charge in [-0.2, -0.15) is 0 Å². The van der Waals surface area contributed by atoms with Crippen LogP contribution in [0.1, 0.15) is 21.5 Å². The number of hydrogen-bond donors (Lipinski definition) is 2. The number of nitrogens with two attached hydrogens (primary N) is 1. The van der Waals surface area contributed by atoms with Gasteiger partial charge in [-0.3, -0.25) is 9.59 Å². The fraction of sp³-hybridized carbons (Fsp3) is 0.0455. The summed E-state index contributed by atoms with van der Waals surface area (Å²) in [4.78, 5) is 27.4. The van der Waals surface area contributed by atoms with E-state index in [0.717, 1.165) is 11.1 Å². The summed E-state index contributed by atoms with van der Waals surface area (Å²) in [6.45, 7) is 2.00. The van der Waals surface area contributed by atoms with E-state index >= 15 is 0 Å². The van der Waals surface area contributed by atoms with Crippen molar-refractivity contribution in [3.63, 3.8) is 0 Å². The highest BCUT2D eigenvalue weighted by molar-refractivity contribution is 6.01. The lowest BCUT2D eigenvalue weighted by molar-refractivity contribution is -0.111. The Balaban J connectivity index is 1.60. The molecule has 3 rings (SSSR count). The fourth-order valence-electron chi connectivity index (χ4n) is 2.48. The average molecular weight is 373 g/mol. The van der Waals surface area contributed by atoms with Crippen molar-refractivity contribution in [3.8, 4) is 11.6 Å². The Morgan fingerprint density at radius 2 is 1.89 bits per heavy atom. The lowest BCUT2D eigenvalue weighted by atomic mass is 10.1. The maximum Gasteiger partial charge on any atom is 0.248 e. The zero-order chi connectivity index (χ0) is 19.9. The van der Waals surface area contributed by atoms with Gasteiger partial charge in [0.1, 0.15) is 5.75 Å². The Bertz CT molecular complexity index is 1030. The third kappa shape index (κ3) is 5.28. The molecule has 0 saturated heterocycles. The molecule has 3 N–H and O–H groups in total. The minimum Gasteiger partial charge on any atom is -0.439 e. The van der Waals surface area contributed by atoms with Crippen molar-refractivity contribution in [3.05, 3.63) is 89.6 Å². The number of carbonyl (C=O) groups excluding carboxylic acids is 2. The summed E-state index contributed by atoms with van der Waals surface area (Å²) < 4.78 is 5.60. The molecule has 2 aromatic carbocycles. The average Bonchev–Trinajstić information content (AvgIpc) is 2.68. The van der Waals surface area contributed by atoms with Gasteiger partial charge in [0.2, 0.25) is 17.7 Å². The predicted molar refractivity (Wildman–Crippen MR) is 108 cm³/mol. The number of benzene rings is 2. The van der Waals surface area contributed by atoms with Crippen molar-refractivity contribution in [2.45, 2.75) is 6.92 Å². The molecule has 0 unspecified atom stereocenters. The topological polar surface area (TPSA) is 94.3 Å². The summed E-state index contributed by atoms with van der Waals surface area (Å²) in [5, 5.41) is 2.74. The van der Waals surface area contributed by atoms with Gasteiger partial charge in [0.25, 0.3) is 0 Å². The second-order valence-electron chi connectivity index (χ2n) is 6.12. The first-order valence-electron chi connectivity index (χ1n) is 8.59. The quantitative estimate of drug-likeness (QED) is 0.640. The van der Waals surface area contributed by atoms with Gasteiger partial charge in [-0.05, 0) is 42.8 Å². The number of nitrogens with one attached hydrogen (secondary N) is 1. The van der Waals surface area contributed by atoms with Gasteiger partial charge in [0.15, 0.2) is 0 Å². The molecule has 0 bridgehead atoms. The van der Waals surface area contributed by atoms with Crippen LogP contribution < -0.4 is 15.8 Å². The summed E-state index contributed by atoms with van der Waals surface area (Å²) in [6.07, 6.45) is 4.71. The number of ether oxygens (including phenoxy) is 1. The number of anilines is 1. The Morgan fingerprint density at radius 1 is 1.07 bits per heavy atom. The van der Waals surface area contributed by atoms with E-state index in [-0.39, 0.29) is 5.91 Å². The molecule has 0 saturated carbocycles. The normalized spacial score (nSPS) is 10.6. The van der Waals surface area contributed by atoms with E-state index in [1.165, 1.54) is 18.3 Å². The second kappa shape index (κ2) is 8.64. The van der Waals surface area contributed by atoms with E-state index in [0.29, 0.717) is 22.9 Å². The molecule has 6 heteroatoms. The molecule has 0 radical (unpaired) electrons. The third-order valence-corrected chi connectivity index (χ3v) is 3.81. The Labute approximate surface area is 162 Å². The summed E-state index contributed by atoms with van der Waals surface area (Å²) >= 11 is 0. The number of primary amides is 1. The lowest BCUT2D eigenvalue weighted by Gasteiger charge is -2.07. The number of amides is 2. The van der Waals surface area contributed by atoms with Crippen LogP contribution in [-0.2, 0) is 4.79 Å². The highest BCUT2D eigenvalue weighted by Gasteiger charge is 2.05. The molecule has 6 nitrogen and oxygen atoms in total. The summed E-state index contributed by atoms with van der Waals surface area (Å²) in [6, 6.07) is 17.7. The molecule has 0 aliphatic rings. The number of aromatic nitrogens is 1. The molecule has 0 atom stereocenters. The summed E-state index contributed by atoms with van der Waals surface area (Å²) in [5.41, 5.74) is 8.23. The molecule has 3 aromatic rings. The molecule has 0 aliphatic carbocycles. The molecule has 28 heavy (non-hydrogen) atoms. The summed E-state index contributed by atoms with van der Waals surface area (Å²) in [5.74, 6) is -0.0158. The highest BCUT2D eigenvalue weighted by Crippen LogP contribution is 2.21. The van der Waals surface area contributed by atoms with Crippen LogP contribution in [0.15, 0.2) is 72.9 Å². The molecule has 140 valence electrons. The van der Waals surface area contributed by atoms with Gasteiger partial charge in [-0.1, -0.05) is 35.9 Å². The molecule has 2 amide bonds. The smallest absolute Gasteiger partial charge is 0.248 e. The minimum atomic E-state index is -0.532. The van der Waals surface area contributed by atoms with Crippen LogP contribution in [0.4, 0.5) is 5.69 Å². The Morgan fingerprint density at radius 3 is 2.61 bits per heavy atom. The van der Waals surface area contributed by atoms with Crippen LogP contribution >= 0.6 is 0 Å². The maximum atomic E-state index is 12.0. The van der Waals surface area contributed by atoms with Gasteiger partial charge in [-0.15, -0.1) is 0 Å². The lowest BCUT2D eigenvalue weighted by Crippen LogP contribution is -2.10. The zero-order valence-corrected chi connectivity index (χ0v) is 15.3. The van der Waals surface area contributed by atoms with E-state index < -0.39 is 5.91 Å². The zero-order valence-electron chi connectivity index (χ0n) is 15.3. The molecule has 1 aromatic heterocycles. The van der Waals surface area contributed by atoms with Crippen molar-refractivity contribution < 1.29 is 14.3 Å². The standard InChI is InChI=1S/C22H19N3O3/c1-15-4-2-5-16(12-15)8-10-20(26)25-18-9-11-21(24-14-18)28-19-7-3-6-17(13-19)22(23)27/h2-14H,1H3,(H2,23,27)(H,25,26)/b10-8+. The fourth-order valence-corrected chi connectivity index (χ4v) is 2.48. The number of aryl methyl sites for hydroxylation is 1. The van der Waals surface area contributed by atoms with Crippen LogP contribution in [0.25, 0.3) is 6.08 Å². The van der Waals surface area contributed by atoms with Crippen LogP contribution in [0, 0.1) is 6.92 Å². The first kappa shape index (κ1) is 18.8. The van der Waals surface area contributed by atoms with Crippen LogP contribution in [0.2, 0.25) is 0 Å². The molecular formula is C22H19N3O3. The van der Waals surface area contributed by atoms with E-state index in [9.17, 15) is 9.59 Å². The van der Waals surface area contributed by atoms with Gasteiger partial charge in [0.05, 0.1) is 11.9 Å². The highest BCUT2D eigenvalue weighted by atomic mass is 16.5. The first-order valence-corrected chi connectivity index (χ1v) is 8.59. The van der Waals surface area contributed by atoms with Crippen LogP contribution in [0.5, 0.6) is 11.6 Å². The minimum absolute atomic E-state index is 0.258. The van der Waals surface area contributed by atoms with Crippen LogP contribution in [-0.4, -0.2) is 16.8 Å². The van der Waals surface area contributed by atoms with Gasteiger partial charge >= 0.3 is 0 Å². The van der Waals surface area contributed by atoms with Crippen LogP contribution in [0.3, 0.4) is 0 Å².